The van der Waals surface area contributed by atoms with E-state index in [2.05, 4.69) is 5.32 Å². The molecule has 0 spiro atoms. The molecule has 0 fully saturated rings. The Labute approximate surface area is 181 Å². The molecule has 6 nitrogen and oxygen atoms in total. The van der Waals surface area contributed by atoms with E-state index in [0.717, 1.165) is 9.87 Å². The smallest absolute Gasteiger partial charge is 0.264 e. The molecule has 0 saturated carbocycles. The number of carbonyl (C=O) groups excluding carboxylic acids is 1. The van der Waals surface area contributed by atoms with Gasteiger partial charge >= 0.3 is 0 Å². The molecule has 0 heterocycles. The molecule has 0 aliphatic carbocycles. The lowest BCUT2D eigenvalue weighted by atomic mass is 10.2. The number of ether oxygens (including phenoxy) is 1. The molecule has 8 heteroatoms. The van der Waals surface area contributed by atoms with Crippen molar-refractivity contribution in [2.75, 3.05) is 23.3 Å². The Kier molecular flexibility index (Phi) is 7.10. The van der Waals surface area contributed by atoms with Crippen LogP contribution in [0.25, 0.3) is 0 Å². The van der Waals surface area contributed by atoms with E-state index in [9.17, 15) is 13.2 Å². The number of methoxy groups -OCH3 is 1. The molecule has 1 N–H and O–H groups in total. The van der Waals surface area contributed by atoms with Gasteiger partial charge in [0, 0.05) is 17.8 Å². The van der Waals surface area contributed by atoms with Crippen LogP contribution in [0.5, 0.6) is 0 Å². The molecule has 0 unspecified atom stereocenters. The molecular weight excluding hydrogens is 424 g/mol. The van der Waals surface area contributed by atoms with E-state index in [1.54, 1.807) is 61.7 Å². The number of nitrogens with one attached hydrogen (secondary N) is 1. The summed E-state index contributed by atoms with van der Waals surface area (Å²) in [7, 11) is -2.40. The summed E-state index contributed by atoms with van der Waals surface area (Å²) in [4.78, 5) is 12.8. The zero-order valence-corrected chi connectivity index (χ0v) is 17.9. The molecule has 0 aliphatic heterocycles. The van der Waals surface area contributed by atoms with Gasteiger partial charge in [-0.05, 0) is 48.0 Å². The number of anilines is 2. The van der Waals surface area contributed by atoms with Gasteiger partial charge < -0.3 is 10.1 Å². The molecule has 0 radical (unpaired) electrons. The van der Waals surface area contributed by atoms with Crippen LogP contribution < -0.4 is 9.62 Å². The maximum absolute atomic E-state index is 13.3. The average molecular weight is 445 g/mol. The van der Waals surface area contributed by atoms with Crippen LogP contribution >= 0.6 is 11.6 Å². The van der Waals surface area contributed by atoms with Crippen LogP contribution in [-0.4, -0.2) is 28.0 Å². The molecule has 3 aromatic rings. The van der Waals surface area contributed by atoms with Gasteiger partial charge in [0.2, 0.25) is 5.91 Å². The molecule has 1 amide bonds. The number of nitrogens with zero attached hydrogens (tertiary/aromatic N) is 1. The largest absolute Gasteiger partial charge is 0.380 e. The minimum absolute atomic E-state index is 0.0832. The van der Waals surface area contributed by atoms with Gasteiger partial charge in [0.05, 0.1) is 17.2 Å². The Morgan fingerprint density at radius 2 is 1.73 bits per heavy atom. The van der Waals surface area contributed by atoms with Gasteiger partial charge in [0.25, 0.3) is 10.0 Å². The Morgan fingerprint density at radius 1 is 1.00 bits per heavy atom. The van der Waals surface area contributed by atoms with Crippen LogP contribution in [0.4, 0.5) is 11.4 Å². The lowest BCUT2D eigenvalue weighted by molar-refractivity contribution is -0.114. The van der Waals surface area contributed by atoms with E-state index in [0.29, 0.717) is 23.0 Å². The van der Waals surface area contributed by atoms with Crippen LogP contribution in [0, 0.1) is 0 Å². The number of hydrogen-bond donors (Lipinski definition) is 1. The van der Waals surface area contributed by atoms with Gasteiger partial charge in [0.1, 0.15) is 6.54 Å². The summed E-state index contributed by atoms with van der Waals surface area (Å²) in [5.74, 6) is -0.482. The average Bonchev–Trinajstić information content (AvgIpc) is 2.73. The number of hydrogen-bond acceptors (Lipinski definition) is 4. The molecule has 0 aromatic heterocycles. The molecule has 0 aliphatic rings. The predicted octanol–water partition coefficient (Wildman–Crippen LogP) is 4.32. The molecule has 0 bridgehead atoms. The SMILES string of the molecule is COCc1cccc(NC(=O)CN(c2cccc(Cl)c2)S(=O)(=O)c2ccccc2)c1. The van der Waals surface area contributed by atoms with Crippen molar-refractivity contribution in [2.45, 2.75) is 11.5 Å². The molecule has 0 saturated heterocycles. The van der Waals surface area contributed by atoms with E-state index < -0.39 is 22.5 Å². The lowest BCUT2D eigenvalue weighted by Crippen LogP contribution is -2.38. The molecule has 0 atom stereocenters. The summed E-state index contributed by atoms with van der Waals surface area (Å²) >= 11 is 6.06. The quantitative estimate of drug-likeness (QED) is 0.561. The molecule has 3 rings (SSSR count). The second-order valence-electron chi connectivity index (χ2n) is 6.49. The van der Waals surface area contributed by atoms with Gasteiger partial charge in [-0.15, -0.1) is 0 Å². The van der Waals surface area contributed by atoms with Crippen LogP contribution in [0.15, 0.2) is 83.8 Å². The third-order valence-corrected chi connectivity index (χ3v) is 6.26. The van der Waals surface area contributed by atoms with Crippen molar-refractivity contribution in [1.82, 2.24) is 0 Å². The van der Waals surface area contributed by atoms with Crippen LogP contribution in [0.2, 0.25) is 5.02 Å². The highest BCUT2D eigenvalue weighted by Crippen LogP contribution is 2.26. The summed E-state index contributed by atoms with van der Waals surface area (Å²) in [6.45, 7) is -0.00713. The maximum Gasteiger partial charge on any atom is 0.264 e. The Hall–Kier alpha value is -2.87. The van der Waals surface area contributed by atoms with Crippen molar-refractivity contribution in [3.8, 4) is 0 Å². The van der Waals surface area contributed by atoms with E-state index in [1.807, 2.05) is 6.07 Å². The fraction of sp³-hybridized carbons (Fsp3) is 0.136. The van der Waals surface area contributed by atoms with Crippen molar-refractivity contribution in [2.24, 2.45) is 0 Å². The van der Waals surface area contributed by atoms with E-state index in [4.69, 9.17) is 16.3 Å². The lowest BCUT2D eigenvalue weighted by Gasteiger charge is -2.24. The number of amides is 1. The third kappa shape index (κ3) is 5.38. The van der Waals surface area contributed by atoms with Gasteiger partial charge in [-0.2, -0.15) is 0 Å². The van der Waals surface area contributed by atoms with Gasteiger partial charge in [-0.25, -0.2) is 8.42 Å². The number of rotatable bonds is 8. The molecule has 156 valence electrons. The first-order chi connectivity index (χ1) is 14.4. The van der Waals surface area contributed by atoms with E-state index in [1.165, 1.54) is 18.2 Å². The van der Waals surface area contributed by atoms with Gasteiger partial charge in [0.15, 0.2) is 0 Å². The normalized spacial score (nSPS) is 11.1. The zero-order chi connectivity index (χ0) is 21.6. The second-order valence-corrected chi connectivity index (χ2v) is 8.78. The Bertz CT molecular complexity index is 1120. The standard InChI is InChI=1S/C22H21ClN2O4S/c1-29-16-17-7-5-9-19(13-17)24-22(26)15-25(20-10-6-8-18(23)14-20)30(27,28)21-11-3-2-4-12-21/h2-14H,15-16H2,1H3,(H,24,26). The summed E-state index contributed by atoms with van der Waals surface area (Å²) in [5, 5.41) is 3.11. The fourth-order valence-electron chi connectivity index (χ4n) is 2.90. The minimum atomic E-state index is -3.98. The van der Waals surface area contributed by atoms with Gasteiger partial charge in [-0.1, -0.05) is 48.0 Å². The highest BCUT2D eigenvalue weighted by molar-refractivity contribution is 7.92. The third-order valence-electron chi connectivity index (χ3n) is 4.24. The second kappa shape index (κ2) is 9.75. The Balaban J connectivity index is 1.89. The Morgan fingerprint density at radius 3 is 2.43 bits per heavy atom. The summed E-state index contributed by atoms with van der Waals surface area (Å²) in [5.41, 5.74) is 1.74. The van der Waals surface area contributed by atoms with Crippen molar-refractivity contribution >= 4 is 38.9 Å². The first-order valence-corrected chi connectivity index (χ1v) is 10.9. The van der Waals surface area contributed by atoms with E-state index >= 15 is 0 Å². The predicted molar refractivity (Wildman–Crippen MR) is 118 cm³/mol. The van der Waals surface area contributed by atoms with Gasteiger partial charge in [-0.3, -0.25) is 9.10 Å². The van der Waals surface area contributed by atoms with Crippen molar-refractivity contribution in [3.63, 3.8) is 0 Å². The highest BCUT2D eigenvalue weighted by Gasteiger charge is 2.27. The highest BCUT2D eigenvalue weighted by atomic mass is 35.5. The number of halogens is 1. The first kappa shape index (κ1) is 21.8. The van der Waals surface area contributed by atoms with Crippen LogP contribution in [-0.2, 0) is 26.2 Å². The zero-order valence-electron chi connectivity index (χ0n) is 16.3. The topological polar surface area (TPSA) is 75.7 Å². The van der Waals surface area contributed by atoms with Crippen molar-refractivity contribution in [1.29, 1.82) is 0 Å². The van der Waals surface area contributed by atoms with E-state index in [-0.39, 0.29) is 4.90 Å². The number of carbonyl (C=O) groups is 1. The van der Waals surface area contributed by atoms with Crippen LogP contribution in [0.3, 0.4) is 0 Å². The monoisotopic (exact) mass is 444 g/mol. The minimum Gasteiger partial charge on any atom is -0.380 e. The molecular formula is C22H21ClN2O4S. The summed E-state index contributed by atoms with van der Waals surface area (Å²) < 4.78 is 32.7. The maximum atomic E-state index is 13.3. The number of sulfonamides is 1. The first-order valence-electron chi connectivity index (χ1n) is 9.11. The molecule has 30 heavy (non-hydrogen) atoms. The summed E-state index contributed by atoms with van der Waals surface area (Å²) in [6, 6.07) is 21.5. The van der Waals surface area contributed by atoms with Crippen LogP contribution in [0.1, 0.15) is 5.56 Å². The number of benzene rings is 3. The molecule has 3 aromatic carbocycles. The van der Waals surface area contributed by atoms with Crippen molar-refractivity contribution in [3.05, 3.63) is 89.4 Å². The van der Waals surface area contributed by atoms with Crippen molar-refractivity contribution < 1.29 is 17.9 Å². The fourth-order valence-corrected chi connectivity index (χ4v) is 4.52. The summed E-state index contributed by atoms with van der Waals surface area (Å²) in [6.07, 6.45) is 0.